The van der Waals surface area contributed by atoms with Gasteiger partial charge in [0.2, 0.25) is 0 Å². The summed E-state index contributed by atoms with van der Waals surface area (Å²) in [4.78, 5) is 2.96. The largest absolute Gasteiger partial charge is 0.357 e. The van der Waals surface area contributed by atoms with E-state index in [1.807, 2.05) is 6.92 Å². The Bertz CT molecular complexity index is 591. The normalized spacial score (nSPS) is 24.0. The molecule has 0 bridgehead atoms. The predicted octanol–water partition coefficient (Wildman–Crippen LogP) is 3.12. The van der Waals surface area contributed by atoms with Crippen molar-refractivity contribution in [3.8, 4) is 0 Å². The molecule has 1 aliphatic rings. The quantitative estimate of drug-likeness (QED) is 0.727. The van der Waals surface area contributed by atoms with Crippen LogP contribution in [0, 0.1) is 11.6 Å². The Morgan fingerprint density at radius 2 is 1.94 bits per heavy atom. The van der Waals surface area contributed by atoms with Crippen LogP contribution in [0.25, 0.3) is 10.9 Å². The first-order valence-corrected chi connectivity index (χ1v) is 5.46. The van der Waals surface area contributed by atoms with Crippen LogP contribution in [0.4, 0.5) is 13.2 Å². The van der Waals surface area contributed by atoms with Gasteiger partial charge in [0, 0.05) is 40.8 Å². The molecule has 0 saturated heterocycles. The number of rotatable bonds is 0. The van der Waals surface area contributed by atoms with Crippen LogP contribution in [0.15, 0.2) is 12.1 Å². The molecule has 0 saturated carbocycles. The molecule has 2 unspecified atom stereocenters. The monoisotopic (exact) mass is 240 g/mol. The number of benzene rings is 1. The van der Waals surface area contributed by atoms with E-state index in [0.717, 1.165) is 12.1 Å². The number of fused-ring (bicyclic) bond motifs is 3. The van der Waals surface area contributed by atoms with Gasteiger partial charge in [-0.15, -0.1) is 0 Å². The van der Waals surface area contributed by atoms with Crippen LogP contribution in [0.2, 0.25) is 0 Å². The van der Waals surface area contributed by atoms with Crippen molar-refractivity contribution in [2.75, 3.05) is 6.54 Å². The second kappa shape index (κ2) is 3.50. The second-order valence-corrected chi connectivity index (χ2v) is 4.36. The molecule has 2 atom stereocenters. The van der Waals surface area contributed by atoms with Crippen molar-refractivity contribution in [3.05, 3.63) is 35.0 Å². The van der Waals surface area contributed by atoms with Crippen molar-refractivity contribution >= 4 is 10.9 Å². The van der Waals surface area contributed by atoms with Gasteiger partial charge in [-0.2, -0.15) is 0 Å². The zero-order valence-corrected chi connectivity index (χ0v) is 9.15. The molecule has 0 spiro atoms. The molecular weight excluding hydrogens is 229 g/mol. The summed E-state index contributed by atoms with van der Waals surface area (Å²) in [5.41, 5.74) is 1.56. The van der Waals surface area contributed by atoms with Crippen LogP contribution in [-0.4, -0.2) is 11.5 Å². The van der Waals surface area contributed by atoms with E-state index in [2.05, 4.69) is 10.3 Å². The highest BCUT2D eigenvalue weighted by atomic mass is 19.2. The Morgan fingerprint density at radius 3 is 2.71 bits per heavy atom. The number of hydrogen-bond donors (Lipinski definition) is 2. The third kappa shape index (κ3) is 1.45. The Labute approximate surface area is 95.8 Å². The number of halogens is 3. The van der Waals surface area contributed by atoms with E-state index in [4.69, 9.17) is 0 Å². The van der Waals surface area contributed by atoms with Crippen molar-refractivity contribution < 1.29 is 13.2 Å². The smallest absolute Gasteiger partial charge is 0.160 e. The Morgan fingerprint density at radius 1 is 1.24 bits per heavy atom. The molecule has 0 fully saturated rings. The molecule has 0 amide bonds. The summed E-state index contributed by atoms with van der Waals surface area (Å²) < 4.78 is 40.1. The molecule has 1 aromatic carbocycles. The van der Waals surface area contributed by atoms with Gasteiger partial charge >= 0.3 is 0 Å². The third-order valence-corrected chi connectivity index (χ3v) is 3.26. The minimum atomic E-state index is -1.19. The molecule has 1 aliphatic heterocycles. The standard InChI is InChI=1S/C12H11F3N2/c1-5-12-11(9(15)4-16-5)6-2-7(13)8(14)3-10(6)17-12/h2-3,5,9,16-17H,4H2,1H3. The average molecular weight is 240 g/mol. The maximum absolute atomic E-state index is 13.8. The third-order valence-electron chi connectivity index (χ3n) is 3.26. The first-order valence-electron chi connectivity index (χ1n) is 5.46. The molecular formula is C12H11F3N2. The molecule has 5 heteroatoms. The minimum Gasteiger partial charge on any atom is -0.357 e. The van der Waals surface area contributed by atoms with E-state index in [1.54, 1.807) is 0 Å². The van der Waals surface area contributed by atoms with Crippen LogP contribution in [0.1, 0.15) is 30.4 Å². The van der Waals surface area contributed by atoms with Crippen LogP contribution in [0.3, 0.4) is 0 Å². The van der Waals surface area contributed by atoms with Crippen molar-refractivity contribution in [2.45, 2.75) is 19.1 Å². The fourth-order valence-corrected chi connectivity index (χ4v) is 2.39. The lowest BCUT2D eigenvalue weighted by atomic mass is 9.99. The second-order valence-electron chi connectivity index (χ2n) is 4.36. The maximum atomic E-state index is 13.8. The molecule has 2 nitrogen and oxygen atoms in total. The van der Waals surface area contributed by atoms with E-state index in [1.165, 1.54) is 0 Å². The topological polar surface area (TPSA) is 27.8 Å². The Kier molecular flexibility index (Phi) is 2.19. The summed E-state index contributed by atoms with van der Waals surface area (Å²) in [7, 11) is 0. The fourth-order valence-electron chi connectivity index (χ4n) is 2.39. The summed E-state index contributed by atoms with van der Waals surface area (Å²) in [6.45, 7) is 2.08. The molecule has 17 heavy (non-hydrogen) atoms. The summed E-state index contributed by atoms with van der Waals surface area (Å²) in [6, 6.07) is 2.09. The number of hydrogen-bond acceptors (Lipinski definition) is 1. The van der Waals surface area contributed by atoms with Gasteiger partial charge in [0.25, 0.3) is 0 Å². The maximum Gasteiger partial charge on any atom is 0.160 e. The highest BCUT2D eigenvalue weighted by Gasteiger charge is 2.28. The molecule has 3 rings (SSSR count). The number of aromatic amines is 1. The number of nitrogens with one attached hydrogen (secondary N) is 2. The van der Waals surface area contributed by atoms with Gasteiger partial charge < -0.3 is 10.3 Å². The molecule has 2 heterocycles. The fraction of sp³-hybridized carbons (Fsp3) is 0.333. The number of alkyl halides is 1. The van der Waals surface area contributed by atoms with Crippen LogP contribution in [0.5, 0.6) is 0 Å². The predicted molar refractivity (Wildman–Crippen MR) is 58.5 cm³/mol. The first-order chi connectivity index (χ1) is 8.08. The average Bonchev–Trinajstić information content (AvgIpc) is 2.64. The van der Waals surface area contributed by atoms with Crippen LogP contribution >= 0.6 is 0 Å². The minimum absolute atomic E-state index is 0.0458. The van der Waals surface area contributed by atoms with Gasteiger partial charge in [-0.3, -0.25) is 0 Å². The van der Waals surface area contributed by atoms with E-state index < -0.39 is 17.8 Å². The van der Waals surface area contributed by atoms with Gasteiger partial charge in [-0.05, 0) is 13.0 Å². The van der Waals surface area contributed by atoms with Crippen LogP contribution < -0.4 is 5.32 Å². The molecule has 90 valence electrons. The van der Waals surface area contributed by atoms with Gasteiger partial charge in [0.1, 0.15) is 6.17 Å². The van der Waals surface area contributed by atoms with Crippen molar-refractivity contribution in [1.82, 2.24) is 10.3 Å². The van der Waals surface area contributed by atoms with E-state index in [9.17, 15) is 13.2 Å². The summed E-state index contributed by atoms with van der Waals surface area (Å²) in [5.74, 6) is -1.87. The zero-order valence-electron chi connectivity index (χ0n) is 9.15. The van der Waals surface area contributed by atoms with E-state index in [-0.39, 0.29) is 12.6 Å². The van der Waals surface area contributed by atoms with Crippen LogP contribution in [-0.2, 0) is 0 Å². The molecule has 2 aromatic rings. The summed E-state index contributed by atoms with van der Waals surface area (Å²) in [5, 5.41) is 3.41. The zero-order chi connectivity index (χ0) is 12.2. The van der Waals surface area contributed by atoms with E-state index >= 15 is 0 Å². The van der Waals surface area contributed by atoms with Crippen molar-refractivity contribution in [2.24, 2.45) is 0 Å². The molecule has 1 aromatic heterocycles. The molecule has 2 N–H and O–H groups in total. The summed E-state index contributed by atoms with van der Waals surface area (Å²) >= 11 is 0. The lowest BCUT2D eigenvalue weighted by Gasteiger charge is -2.23. The van der Waals surface area contributed by atoms with Gasteiger partial charge in [0.05, 0.1) is 0 Å². The van der Waals surface area contributed by atoms with Gasteiger partial charge in [-0.1, -0.05) is 0 Å². The van der Waals surface area contributed by atoms with Crippen molar-refractivity contribution in [1.29, 1.82) is 0 Å². The van der Waals surface area contributed by atoms with E-state index in [0.29, 0.717) is 22.2 Å². The molecule has 0 aliphatic carbocycles. The van der Waals surface area contributed by atoms with Gasteiger partial charge in [0.15, 0.2) is 11.6 Å². The summed E-state index contributed by atoms with van der Waals surface area (Å²) in [6.07, 6.45) is -1.19. The Balaban J connectivity index is 2.34. The highest BCUT2D eigenvalue weighted by molar-refractivity contribution is 5.85. The molecule has 0 radical (unpaired) electrons. The SMILES string of the molecule is CC1NCC(F)c2c1[nH]c1cc(F)c(F)cc21. The highest BCUT2D eigenvalue weighted by Crippen LogP contribution is 2.37. The van der Waals surface area contributed by atoms with Gasteiger partial charge in [-0.25, -0.2) is 13.2 Å². The first kappa shape index (κ1) is 10.7. The number of aromatic nitrogens is 1. The lowest BCUT2D eigenvalue weighted by Crippen LogP contribution is -2.29. The van der Waals surface area contributed by atoms with Crippen molar-refractivity contribution in [3.63, 3.8) is 0 Å². The Hall–Kier alpha value is -1.49. The lowest BCUT2D eigenvalue weighted by molar-refractivity contribution is 0.295. The number of H-pyrrole nitrogens is 1.